The molecular weight excluding hydrogens is 232 g/mol. The Hall–Kier alpha value is -1.95. The van der Waals surface area contributed by atoms with Crippen LogP contribution in [0, 0.1) is 5.21 Å². The van der Waals surface area contributed by atoms with E-state index in [2.05, 4.69) is 10.4 Å². The van der Waals surface area contributed by atoms with E-state index < -0.39 is 6.04 Å². The molecule has 3 N–H and O–H groups in total. The minimum absolute atomic E-state index is 0.121. The van der Waals surface area contributed by atoms with Gasteiger partial charge in [0.15, 0.2) is 6.54 Å². The van der Waals surface area contributed by atoms with E-state index in [-0.39, 0.29) is 18.9 Å². The molecule has 0 heterocycles. The van der Waals surface area contributed by atoms with Crippen LogP contribution in [-0.4, -0.2) is 30.4 Å². The maximum Gasteiger partial charge on any atom is 0.237 e. The summed E-state index contributed by atoms with van der Waals surface area (Å²) in [7, 11) is 1.40. The molecule has 6 heteroatoms. The normalized spacial score (nSPS) is 13.1. The molecule has 1 rings (SSSR count). The predicted octanol–water partition coefficient (Wildman–Crippen LogP) is 0.613. The molecule has 1 aromatic rings. The van der Waals surface area contributed by atoms with Gasteiger partial charge in [0, 0.05) is 13.0 Å². The molecule has 0 saturated carbocycles. The number of carbonyl (C=O) groups is 1. The summed E-state index contributed by atoms with van der Waals surface area (Å²) in [6.07, 6.45) is 0.279. The SMILES string of the molecule is CN=[N+]([O-])CC[C@H](N)C(=O)NCc1ccccc1. The fraction of sp³-hybridized carbons (Fsp3) is 0.417. The van der Waals surface area contributed by atoms with Crippen LogP contribution >= 0.6 is 0 Å². The highest BCUT2D eigenvalue weighted by Gasteiger charge is 2.14. The molecule has 0 aliphatic rings. The summed E-state index contributed by atoms with van der Waals surface area (Å²) in [5.41, 5.74) is 6.67. The first-order valence-corrected chi connectivity index (χ1v) is 5.75. The van der Waals surface area contributed by atoms with Gasteiger partial charge in [0.1, 0.15) is 0 Å². The predicted molar refractivity (Wildman–Crippen MR) is 67.7 cm³/mol. The summed E-state index contributed by atoms with van der Waals surface area (Å²) in [5.74, 6) is -0.261. The smallest absolute Gasteiger partial charge is 0.237 e. The van der Waals surface area contributed by atoms with Crippen LogP contribution < -0.4 is 11.1 Å². The zero-order valence-electron chi connectivity index (χ0n) is 10.4. The third-order valence-electron chi connectivity index (χ3n) is 2.50. The van der Waals surface area contributed by atoms with Crippen molar-refractivity contribution in [3.8, 4) is 0 Å². The van der Waals surface area contributed by atoms with Gasteiger partial charge in [-0.15, -0.1) is 0 Å². The summed E-state index contributed by atoms with van der Waals surface area (Å²) >= 11 is 0. The monoisotopic (exact) mass is 250 g/mol. The third-order valence-corrected chi connectivity index (χ3v) is 2.50. The molecule has 0 aromatic heterocycles. The highest BCUT2D eigenvalue weighted by molar-refractivity contribution is 5.81. The Morgan fingerprint density at radius 1 is 1.50 bits per heavy atom. The van der Waals surface area contributed by atoms with Gasteiger partial charge >= 0.3 is 0 Å². The number of amides is 1. The number of benzene rings is 1. The molecule has 0 bridgehead atoms. The van der Waals surface area contributed by atoms with Crippen molar-refractivity contribution in [3.05, 3.63) is 41.1 Å². The number of azo groups is 1. The second-order valence-corrected chi connectivity index (χ2v) is 3.87. The fourth-order valence-corrected chi connectivity index (χ4v) is 1.40. The van der Waals surface area contributed by atoms with E-state index in [9.17, 15) is 10.0 Å². The molecule has 1 amide bonds. The molecule has 1 aromatic carbocycles. The molecular formula is C12H18N4O2. The van der Waals surface area contributed by atoms with Crippen LogP contribution in [0.25, 0.3) is 0 Å². The lowest BCUT2D eigenvalue weighted by Gasteiger charge is -2.11. The Labute approximate surface area is 106 Å². The average molecular weight is 250 g/mol. The molecule has 0 unspecified atom stereocenters. The topological polar surface area (TPSA) is 93.6 Å². The lowest BCUT2D eigenvalue weighted by atomic mass is 10.2. The Balaban J connectivity index is 2.32. The van der Waals surface area contributed by atoms with Crippen LogP contribution in [0.1, 0.15) is 12.0 Å². The van der Waals surface area contributed by atoms with Gasteiger partial charge in [0.05, 0.1) is 13.1 Å². The quantitative estimate of drug-likeness (QED) is 0.440. The summed E-state index contributed by atoms with van der Waals surface area (Å²) < 4.78 is 0. The minimum Gasteiger partial charge on any atom is -0.600 e. The zero-order chi connectivity index (χ0) is 13.4. The molecule has 0 spiro atoms. The Kier molecular flexibility index (Phi) is 5.79. The number of carbonyl (C=O) groups excluding carboxylic acids is 1. The molecule has 0 fully saturated rings. The summed E-state index contributed by atoms with van der Waals surface area (Å²) in [5, 5.41) is 17.0. The summed E-state index contributed by atoms with van der Waals surface area (Å²) in [6.45, 7) is 0.559. The molecule has 0 aliphatic carbocycles. The van der Waals surface area contributed by atoms with E-state index in [1.54, 1.807) is 0 Å². The van der Waals surface area contributed by atoms with Gasteiger partial charge in [-0.3, -0.25) is 4.79 Å². The van der Waals surface area contributed by atoms with E-state index in [1.165, 1.54) is 7.05 Å². The van der Waals surface area contributed by atoms with E-state index in [0.717, 1.165) is 5.56 Å². The Morgan fingerprint density at radius 2 is 2.17 bits per heavy atom. The van der Waals surface area contributed by atoms with E-state index in [1.807, 2.05) is 30.3 Å². The first-order valence-electron chi connectivity index (χ1n) is 5.75. The van der Waals surface area contributed by atoms with Gasteiger partial charge < -0.3 is 16.3 Å². The molecule has 18 heavy (non-hydrogen) atoms. The lowest BCUT2D eigenvalue weighted by molar-refractivity contribution is -0.528. The largest absolute Gasteiger partial charge is 0.600 e. The van der Waals surface area contributed by atoms with Gasteiger partial charge in [0.25, 0.3) is 0 Å². The Morgan fingerprint density at radius 3 is 2.78 bits per heavy atom. The first-order chi connectivity index (χ1) is 8.63. The van der Waals surface area contributed by atoms with Crippen molar-refractivity contribution in [3.63, 3.8) is 0 Å². The maximum absolute atomic E-state index is 11.6. The standard InChI is InChI=1S/C12H18N4O2/c1-14-16(18)8-7-11(13)12(17)15-9-10-5-3-2-4-6-10/h2-6,11H,7-9,13H2,1H3,(H,15,17)/t11-/m0/s1. The molecule has 0 radical (unpaired) electrons. The molecule has 6 nitrogen and oxygen atoms in total. The van der Waals surface area contributed by atoms with Crippen molar-refractivity contribution in [2.45, 2.75) is 19.0 Å². The van der Waals surface area contributed by atoms with Crippen molar-refractivity contribution >= 4 is 5.91 Å². The van der Waals surface area contributed by atoms with Gasteiger partial charge in [-0.05, 0) is 10.7 Å². The number of hydrogen-bond acceptors (Lipinski definition) is 4. The number of hydroxylamine groups is 1. The minimum atomic E-state index is -0.688. The van der Waals surface area contributed by atoms with Gasteiger partial charge in [-0.1, -0.05) is 35.2 Å². The second kappa shape index (κ2) is 7.39. The molecule has 0 aliphatic heterocycles. The number of rotatable bonds is 6. The van der Waals surface area contributed by atoms with Crippen molar-refractivity contribution in [2.24, 2.45) is 10.8 Å². The highest BCUT2D eigenvalue weighted by Crippen LogP contribution is 1.98. The van der Waals surface area contributed by atoms with E-state index >= 15 is 0 Å². The first kappa shape index (κ1) is 14.1. The van der Waals surface area contributed by atoms with E-state index in [4.69, 9.17) is 5.73 Å². The lowest BCUT2D eigenvalue weighted by Crippen LogP contribution is -2.41. The third kappa shape index (κ3) is 4.92. The summed E-state index contributed by atoms with van der Waals surface area (Å²) in [4.78, 5) is 12.1. The number of nitrogens with one attached hydrogen (secondary N) is 1. The number of hydrogen-bond donors (Lipinski definition) is 2. The van der Waals surface area contributed by atoms with Crippen molar-refractivity contribution < 1.29 is 9.66 Å². The van der Waals surface area contributed by atoms with Crippen LogP contribution in [0.15, 0.2) is 35.4 Å². The second-order valence-electron chi connectivity index (χ2n) is 3.87. The number of nitrogens with zero attached hydrogens (tertiary/aromatic N) is 2. The zero-order valence-corrected chi connectivity index (χ0v) is 10.4. The van der Waals surface area contributed by atoms with Gasteiger partial charge in [0.2, 0.25) is 5.91 Å². The highest BCUT2D eigenvalue weighted by atomic mass is 16.5. The molecule has 98 valence electrons. The van der Waals surface area contributed by atoms with Crippen molar-refractivity contribution in [2.75, 3.05) is 13.6 Å². The van der Waals surface area contributed by atoms with Crippen LogP contribution in [0.2, 0.25) is 0 Å². The molecule has 1 atom stereocenters. The Bertz CT molecular complexity index is 406. The molecule has 0 saturated heterocycles. The van der Waals surface area contributed by atoms with Crippen molar-refractivity contribution in [1.82, 2.24) is 5.32 Å². The van der Waals surface area contributed by atoms with Gasteiger partial charge in [-0.2, -0.15) is 0 Å². The van der Waals surface area contributed by atoms with Crippen LogP contribution in [-0.2, 0) is 11.3 Å². The van der Waals surface area contributed by atoms with Crippen LogP contribution in [0.5, 0.6) is 0 Å². The average Bonchev–Trinajstić information content (AvgIpc) is 2.42. The summed E-state index contributed by atoms with van der Waals surface area (Å²) in [6, 6.07) is 8.86. The maximum atomic E-state index is 11.6. The van der Waals surface area contributed by atoms with Gasteiger partial charge in [-0.25, -0.2) is 0 Å². The van der Waals surface area contributed by atoms with Crippen LogP contribution in [0.4, 0.5) is 0 Å². The van der Waals surface area contributed by atoms with Crippen LogP contribution in [0.3, 0.4) is 0 Å². The number of nitrogens with two attached hydrogens (primary N) is 1. The van der Waals surface area contributed by atoms with E-state index in [0.29, 0.717) is 11.4 Å². The fourth-order valence-electron chi connectivity index (χ4n) is 1.40. The van der Waals surface area contributed by atoms with Crippen molar-refractivity contribution in [1.29, 1.82) is 0 Å².